The molecule has 1 atom stereocenters. The van der Waals surface area contributed by atoms with Gasteiger partial charge in [0.15, 0.2) is 0 Å². The summed E-state index contributed by atoms with van der Waals surface area (Å²) in [5.74, 6) is 0.239. The van der Waals surface area contributed by atoms with E-state index in [9.17, 15) is 9.59 Å². The number of methoxy groups -OCH3 is 1. The summed E-state index contributed by atoms with van der Waals surface area (Å²) in [6.07, 6.45) is 1.23. The summed E-state index contributed by atoms with van der Waals surface area (Å²) in [6, 6.07) is -0.494. The SMILES string of the molecule is COC(=O)[C@H]1CCc2n[nH]c(=O)n21. The predicted molar refractivity (Wildman–Crippen MR) is 42.2 cm³/mol. The number of rotatable bonds is 1. The van der Waals surface area contributed by atoms with Crippen molar-refractivity contribution in [3.63, 3.8) is 0 Å². The van der Waals surface area contributed by atoms with Crippen molar-refractivity contribution in [1.82, 2.24) is 14.8 Å². The van der Waals surface area contributed by atoms with Crippen LogP contribution in [0.2, 0.25) is 0 Å². The topological polar surface area (TPSA) is 77.0 Å². The third-order valence-electron chi connectivity index (χ3n) is 2.20. The van der Waals surface area contributed by atoms with Crippen molar-refractivity contribution in [2.45, 2.75) is 18.9 Å². The van der Waals surface area contributed by atoms with Crippen LogP contribution in [-0.4, -0.2) is 27.8 Å². The highest BCUT2D eigenvalue weighted by Crippen LogP contribution is 2.22. The number of aryl methyl sites for hydroxylation is 1. The Labute approximate surface area is 73.5 Å². The van der Waals surface area contributed by atoms with Crippen molar-refractivity contribution in [3.8, 4) is 0 Å². The van der Waals surface area contributed by atoms with Crippen LogP contribution in [-0.2, 0) is 16.0 Å². The van der Waals surface area contributed by atoms with Crippen LogP contribution in [0.3, 0.4) is 0 Å². The molecule has 0 amide bonds. The van der Waals surface area contributed by atoms with E-state index in [0.29, 0.717) is 18.7 Å². The Hall–Kier alpha value is -1.59. The summed E-state index contributed by atoms with van der Waals surface area (Å²) >= 11 is 0. The second kappa shape index (κ2) is 2.72. The van der Waals surface area contributed by atoms with Crippen LogP contribution in [0.1, 0.15) is 18.3 Å². The van der Waals surface area contributed by atoms with Gasteiger partial charge >= 0.3 is 11.7 Å². The minimum absolute atomic E-state index is 0.345. The van der Waals surface area contributed by atoms with Crippen LogP contribution >= 0.6 is 0 Å². The van der Waals surface area contributed by atoms with Crippen LogP contribution in [0.4, 0.5) is 0 Å². The lowest BCUT2D eigenvalue weighted by atomic mass is 10.2. The number of carbonyl (C=O) groups excluding carboxylic acids is 1. The van der Waals surface area contributed by atoms with Crippen LogP contribution in [0, 0.1) is 0 Å². The van der Waals surface area contributed by atoms with E-state index in [2.05, 4.69) is 14.9 Å². The number of aromatic nitrogens is 3. The number of aromatic amines is 1. The van der Waals surface area contributed by atoms with Gasteiger partial charge in [-0.05, 0) is 6.42 Å². The molecule has 0 fully saturated rings. The molecule has 6 nitrogen and oxygen atoms in total. The van der Waals surface area contributed by atoms with E-state index >= 15 is 0 Å². The zero-order valence-corrected chi connectivity index (χ0v) is 7.11. The Kier molecular flexibility index (Phi) is 1.68. The molecule has 0 aliphatic carbocycles. The molecule has 0 bridgehead atoms. The number of fused-ring (bicyclic) bond motifs is 1. The molecule has 1 aliphatic rings. The number of carbonyl (C=O) groups is 1. The van der Waals surface area contributed by atoms with Gasteiger partial charge in [-0.15, -0.1) is 0 Å². The smallest absolute Gasteiger partial charge is 0.344 e. The Bertz CT molecular complexity index is 392. The molecule has 1 aliphatic heterocycles. The molecule has 0 radical (unpaired) electrons. The molecule has 0 aromatic carbocycles. The summed E-state index contributed by atoms with van der Waals surface area (Å²) in [6.45, 7) is 0. The zero-order valence-electron chi connectivity index (χ0n) is 7.11. The van der Waals surface area contributed by atoms with Crippen molar-refractivity contribution in [3.05, 3.63) is 16.3 Å². The number of hydrogen-bond donors (Lipinski definition) is 1. The van der Waals surface area contributed by atoms with E-state index in [1.54, 1.807) is 0 Å². The second-order valence-corrected chi connectivity index (χ2v) is 2.89. The molecule has 70 valence electrons. The van der Waals surface area contributed by atoms with E-state index in [4.69, 9.17) is 0 Å². The molecule has 2 rings (SSSR count). The van der Waals surface area contributed by atoms with Gasteiger partial charge in [-0.25, -0.2) is 14.7 Å². The maximum atomic E-state index is 11.2. The average Bonchev–Trinajstić information content (AvgIpc) is 2.68. The first-order valence-electron chi connectivity index (χ1n) is 3.97. The summed E-state index contributed by atoms with van der Waals surface area (Å²) in [5.41, 5.74) is -0.345. The molecule has 0 spiro atoms. The Morgan fingerprint density at radius 3 is 3.23 bits per heavy atom. The van der Waals surface area contributed by atoms with Gasteiger partial charge in [0.05, 0.1) is 7.11 Å². The molecule has 0 saturated heterocycles. The Morgan fingerprint density at radius 1 is 1.77 bits per heavy atom. The molecular formula is C7H9N3O3. The summed E-state index contributed by atoms with van der Waals surface area (Å²) in [7, 11) is 1.31. The zero-order chi connectivity index (χ0) is 9.42. The standard InChI is InChI=1S/C7H9N3O3/c1-13-6(11)4-2-3-5-8-9-7(12)10(4)5/h4H,2-3H2,1H3,(H,9,12)/t4-/m1/s1. The summed E-state index contributed by atoms with van der Waals surface area (Å²) in [5, 5.41) is 6.08. The van der Waals surface area contributed by atoms with Crippen molar-refractivity contribution >= 4 is 5.97 Å². The number of ether oxygens (including phenoxy) is 1. The molecule has 0 unspecified atom stereocenters. The van der Waals surface area contributed by atoms with E-state index in [0.717, 1.165) is 0 Å². The molecule has 1 N–H and O–H groups in total. The third kappa shape index (κ3) is 1.06. The number of nitrogens with zero attached hydrogens (tertiary/aromatic N) is 2. The van der Waals surface area contributed by atoms with E-state index < -0.39 is 6.04 Å². The van der Waals surface area contributed by atoms with E-state index in [1.165, 1.54) is 11.7 Å². The number of hydrogen-bond acceptors (Lipinski definition) is 4. The molecule has 13 heavy (non-hydrogen) atoms. The Morgan fingerprint density at radius 2 is 2.54 bits per heavy atom. The maximum Gasteiger partial charge on any atom is 0.344 e. The largest absolute Gasteiger partial charge is 0.467 e. The van der Waals surface area contributed by atoms with E-state index in [1.807, 2.05) is 0 Å². The lowest BCUT2D eigenvalue weighted by Crippen LogP contribution is -2.26. The van der Waals surface area contributed by atoms with Crippen molar-refractivity contribution < 1.29 is 9.53 Å². The monoisotopic (exact) mass is 183 g/mol. The maximum absolute atomic E-state index is 11.2. The van der Waals surface area contributed by atoms with Crippen LogP contribution in [0.25, 0.3) is 0 Å². The lowest BCUT2D eigenvalue weighted by Gasteiger charge is -2.07. The lowest BCUT2D eigenvalue weighted by molar-refractivity contribution is -0.144. The highest BCUT2D eigenvalue weighted by molar-refractivity contribution is 5.74. The molecular weight excluding hydrogens is 174 g/mol. The highest BCUT2D eigenvalue weighted by Gasteiger charge is 2.31. The van der Waals surface area contributed by atoms with Crippen LogP contribution in [0.15, 0.2) is 4.79 Å². The van der Waals surface area contributed by atoms with Gasteiger partial charge in [-0.3, -0.25) is 4.57 Å². The first kappa shape index (κ1) is 8.03. The third-order valence-corrected chi connectivity index (χ3v) is 2.20. The van der Waals surface area contributed by atoms with Gasteiger partial charge in [0.25, 0.3) is 0 Å². The van der Waals surface area contributed by atoms with Gasteiger partial charge in [0.2, 0.25) is 0 Å². The number of nitrogens with one attached hydrogen (secondary N) is 1. The molecule has 0 saturated carbocycles. The molecule has 6 heteroatoms. The minimum Gasteiger partial charge on any atom is -0.467 e. The number of H-pyrrole nitrogens is 1. The fourth-order valence-corrected chi connectivity index (χ4v) is 1.59. The van der Waals surface area contributed by atoms with Crippen molar-refractivity contribution in [2.24, 2.45) is 0 Å². The first-order valence-corrected chi connectivity index (χ1v) is 3.97. The second-order valence-electron chi connectivity index (χ2n) is 2.89. The van der Waals surface area contributed by atoms with Gasteiger partial charge in [0, 0.05) is 6.42 Å². The van der Waals surface area contributed by atoms with Crippen LogP contribution < -0.4 is 5.69 Å². The highest BCUT2D eigenvalue weighted by atomic mass is 16.5. The van der Waals surface area contributed by atoms with Gasteiger partial charge in [0.1, 0.15) is 11.9 Å². The van der Waals surface area contributed by atoms with Gasteiger partial charge in [-0.1, -0.05) is 0 Å². The minimum atomic E-state index is -0.494. The average molecular weight is 183 g/mol. The fourth-order valence-electron chi connectivity index (χ4n) is 1.59. The van der Waals surface area contributed by atoms with Crippen LogP contribution in [0.5, 0.6) is 0 Å². The Balaban J connectivity index is 2.42. The number of esters is 1. The van der Waals surface area contributed by atoms with Gasteiger partial charge < -0.3 is 4.74 Å². The summed E-state index contributed by atoms with van der Waals surface area (Å²) < 4.78 is 5.93. The predicted octanol–water partition coefficient (Wildman–Crippen LogP) is -0.768. The van der Waals surface area contributed by atoms with E-state index in [-0.39, 0.29) is 11.7 Å². The normalized spacial score (nSPS) is 19.9. The summed E-state index contributed by atoms with van der Waals surface area (Å²) in [4.78, 5) is 22.4. The van der Waals surface area contributed by atoms with Crippen molar-refractivity contribution in [1.29, 1.82) is 0 Å². The quantitative estimate of drug-likeness (QED) is 0.580. The molecule has 1 aromatic rings. The van der Waals surface area contributed by atoms with Gasteiger partial charge in [-0.2, -0.15) is 5.10 Å². The fraction of sp³-hybridized carbons (Fsp3) is 0.571. The van der Waals surface area contributed by atoms with Crippen molar-refractivity contribution in [2.75, 3.05) is 7.11 Å². The first-order chi connectivity index (χ1) is 6.24. The molecule has 2 heterocycles. The molecule has 1 aromatic heterocycles.